The van der Waals surface area contributed by atoms with Crippen LogP contribution in [0.4, 0.5) is 5.82 Å². The lowest BCUT2D eigenvalue weighted by atomic mass is 10.0. The van der Waals surface area contributed by atoms with E-state index in [1.54, 1.807) is 6.92 Å². The van der Waals surface area contributed by atoms with E-state index in [-0.39, 0.29) is 5.56 Å². The third kappa shape index (κ3) is 3.68. The Morgan fingerprint density at radius 2 is 1.95 bits per heavy atom. The van der Waals surface area contributed by atoms with Crippen molar-refractivity contribution in [3.63, 3.8) is 0 Å². The number of nitrogens with zero attached hydrogens (tertiary/aromatic N) is 1. The molecule has 0 radical (unpaired) electrons. The van der Waals surface area contributed by atoms with Crippen molar-refractivity contribution in [3.05, 3.63) is 57.6 Å². The summed E-state index contributed by atoms with van der Waals surface area (Å²) in [7, 11) is 0. The maximum absolute atomic E-state index is 11.3. The molecule has 19 heavy (non-hydrogen) atoms. The van der Waals surface area contributed by atoms with Gasteiger partial charge in [0.25, 0.3) is 5.56 Å². The van der Waals surface area contributed by atoms with Crippen molar-refractivity contribution in [3.8, 4) is 0 Å². The third-order valence-electron chi connectivity index (χ3n) is 2.98. The molecular formula is C15H19N3O. The zero-order valence-corrected chi connectivity index (χ0v) is 11.5. The summed E-state index contributed by atoms with van der Waals surface area (Å²) < 4.78 is 0. The lowest BCUT2D eigenvalue weighted by molar-refractivity contribution is 0.865. The van der Waals surface area contributed by atoms with Crippen molar-refractivity contribution in [1.82, 2.24) is 9.97 Å². The van der Waals surface area contributed by atoms with Crippen LogP contribution in [0.3, 0.4) is 0 Å². The highest BCUT2D eigenvalue weighted by atomic mass is 16.1. The van der Waals surface area contributed by atoms with Crippen LogP contribution in [-0.4, -0.2) is 9.97 Å². The van der Waals surface area contributed by atoms with Gasteiger partial charge in [0.05, 0.1) is 0 Å². The third-order valence-corrected chi connectivity index (χ3v) is 2.98. The fourth-order valence-corrected chi connectivity index (χ4v) is 1.88. The molecule has 1 aromatic heterocycles. The standard InChI is InChI=1S/C15H19N3O/c1-10(2)13-6-4-12(5-7-13)9-16-14-8-15(19)18-11(3)17-14/h4-8,10H,9H2,1-3H3,(H2,16,17,18,19). The number of rotatable bonds is 4. The average molecular weight is 257 g/mol. The Labute approximate surface area is 112 Å². The van der Waals surface area contributed by atoms with Gasteiger partial charge in [-0.2, -0.15) is 0 Å². The summed E-state index contributed by atoms with van der Waals surface area (Å²) >= 11 is 0. The maximum atomic E-state index is 11.3. The molecule has 2 aromatic rings. The Kier molecular flexibility index (Phi) is 4.00. The summed E-state index contributed by atoms with van der Waals surface area (Å²) in [6.07, 6.45) is 0. The largest absolute Gasteiger partial charge is 0.366 e. The first-order valence-corrected chi connectivity index (χ1v) is 6.45. The maximum Gasteiger partial charge on any atom is 0.252 e. The van der Waals surface area contributed by atoms with E-state index >= 15 is 0 Å². The molecule has 0 saturated carbocycles. The lowest BCUT2D eigenvalue weighted by Crippen LogP contribution is -2.11. The molecular weight excluding hydrogens is 238 g/mol. The molecule has 0 atom stereocenters. The first-order valence-electron chi connectivity index (χ1n) is 6.45. The average Bonchev–Trinajstić information content (AvgIpc) is 2.36. The van der Waals surface area contributed by atoms with E-state index in [0.29, 0.717) is 24.1 Å². The fraction of sp³-hybridized carbons (Fsp3) is 0.333. The summed E-state index contributed by atoms with van der Waals surface area (Å²) in [5.74, 6) is 1.76. The van der Waals surface area contributed by atoms with Crippen LogP contribution in [0.15, 0.2) is 35.1 Å². The van der Waals surface area contributed by atoms with Gasteiger partial charge in [-0.15, -0.1) is 0 Å². The number of anilines is 1. The normalized spacial score (nSPS) is 10.7. The van der Waals surface area contributed by atoms with Gasteiger partial charge in [-0.3, -0.25) is 4.79 Å². The van der Waals surface area contributed by atoms with Crippen LogP contribution in [0.5, 0.6) is 0 Å². The number of aromatic amines is 1. The zero-order chi connectivity index (χ0) is 13.8. The zero-order valence-electron chi connectivity index (χ0n) is 11.5. The summed E-state index contributed by atoms with van der Waals surface area (Å²) in [5.41, 5.74) is 2.36. The molecule has 2 N–H and O–H groups in total. The Balaban J connectivity index is 2.04. The summed E-state index contributed by atoms with van der Waals surface area (Å²) in [5, 5.41) is 3.16. The Hall–Kier alpha value is -2.10. The molecule has 0 amide bonds. The quantitative estimate of drug-likeness (QED) is 0.885. The molecule has 0 fully saturated rings. The van der Waals surface area contributed by atoms with Gasteiger partial charge in [-0.1, -0.05) is 38.1 Å². The minimum atomic E-state index is -0.134. The van der Waals surface area contributed by atoms with Gasteiger partial charge in [0, 0.05) is 12.6 Å². The van der Waals surface area contributed by atoms with Crippen molar-refractivity contribution in [2.45, 2.75) is 33.2 Å². The number of hydrogen-bond acceptors (Lipinski definition) is 3. The van der Waals surface area contributed by atoms with Crippen molar-refractivity contribution in [1.29, 1.82) is 0 Å². The SMILES string of the molecule is Cc1nc(NCc2ccc(C(C)C)cc2)cc(=O)[nH]1. The van der Waals surface area contributed by atoms with Crippen LogP contribution in [0, 0.1) is 6.92 Å². The first kappa shape index (κ1) is 13.3. The summed E-state index contributed by atoms with van der Waals surface area (Å²) in [4.78, 5) is 18.2. The number of aryl methyl sites for hydroxylation is 1. The van der Waals surface area contributed by atoms with Crippen LogP contribution < -0.4 is 10.9 Å². The number of H-pyrrole nitrogens is 1. The van der Waals surface area contributed by atoms with Gasteiger partial charge < -0.3 is 10.3 Å². The van der Waals surface area contributed by atoms with E-state index in [4.69, 9.17) is 0 Å². The van der Waals surface area contributed by atoms with E-state index in [1.807, 2.05) is 0 Å². The van der Waals surface area contributed by atoms with E-state index in [0.717, 1.165) is 0 Å². The summed E-state index contributed by atoms with van der Waals surface area (Å²) in [6.45, 7) is 6.78. The monoisotopic (exact) mass is 257 g/mol. The van der Waals surface area contributed by atoms with Crippen LogP contribution in [0.2, 0.25) is 0 Å². The first-order chi connectivity index (χ1) is 9.04. The molecule has 0 aliphatic rings. The molecule has 0 saturated heterocycles. The van der Waals surface area contributed by atoms with Crippen LogP contribution in [0.25, 0.3) is 0 Å². The molecule has 0 unspecified atom stereocenters. The number of benzene rings is 1. The second-order valence-electron chi connectivity index (χ2n) is 4.97. The Morgan fingerprint density at radius 3 is 2.53 bits per heavy atom. The van der Waals surface area contributed by atoms with Crippen molar-refractivity contribution >= 4 is 5.82 Å². The fourth-order valence-electron chi connectivity index (χ4n) is 1.88. The topological polar surface area (TPSA) is 57.8 Å². The van der Waals surface area contributed by atoms with Crippen molar-refractivity contribution in [2.24, 2.45) is 0 Å². The molecule has 4 nitrogen and oxygen atoms in total. The van der Waals surface area contributed by atoms with Crippen LogP contribution >= 0.6 is 0 Å². The minimum absolute atomic E-state index is 0.134. The number of nitrogens with one attached hydrogen (secondary N) is 2. The van der Waals surface area contributed by atoms with Gasteiger partial charge in [-0.05, 0) is 24.0 Å². The predicted molar refractivity (Wildman–Crippen MR) is 77.5 cm³/mol. The van der Waals surface area contributed by atoms with E-state index in [9.17, 15) is 4.79 Å². The van der Waals surface area contributed by atoms with E-state index in [1.165, 1.54) is 17.2 Å². The lowest BCUT2D eigenvalue weighted by Gasteiger charge is -2.08. The van der Waals surface area contributed by atoms with Gasteiger partial charge >= 0.3 is 0 Å². The van der Waals surface area contributed by atoms with E-state index in [2.05, 4.69) is 53.4 Å². The molecule has 0 spiro atoms. The highest BCUT2D eigenvalue weighted by molar-refractivity contribution is 5.35. The molecule has 1 heterocycles. The van der Waals surface area contributed by atoms with Gasteiger partial charge in [-0.25, -0.2) is 4.98 Å². The van der Waals surface area contributed by atoms with Gasteiger partial charge in [0.1, 0.15) is 11.6 Å². The summed E-state index contributed by atoms with van der Waals surface area (Å²) in [6, 6.07) is 9.94. The second kappa shape index (κ2) is 5.69. The van der Waals surface area contributed by atoms with E-state index < -0.39 is 0 Å². The molecule has 0 aliphatic heterocycles. The predicted octanol–water partition coefficient (Wildman–Crippen LogP) is 2.81. The van der Waals surface area contributed by atoms with Crippen LogP contribution in [-0.2, 0) is 6.54 Å². The highest BCUT2D eigenvalue weighted by Gasteiger charge is 2.00. The highest BCUT2D eigenvalue weighted by Crippen LogP contribution is 2.15. The molecule has 1 aromatic carbocycles. The molecule has 4 heteroatoms. The van der Waals surface area contributed by atoms with Gasteiger partial charge in [0.15, 0.2) is 0 Å². The smallest absolute Gasteiger partial charge is 0.252 e. The van der Waals surface area contributed by atoms with Crippen molar-refractivity contribution < 1.29 is 0 Å². The number of aromatic nitrogens is 2. The van der Waals surface area contributed by atoms with Gasteiger partial charge in [0.2, 0.25) is 0 Å². The molecule has 100 valence electrons. The Morgan fingerprint density at radius 1 is 1.26 bits per heavy atom. The minimum Gasteiger partial charge on any atom is -0.366 e. The second-order valence-corrected chi connectivity index (χ2v) is 4.97. The molecule has 2 rings (SSSR count). The Bertz CT molecular complexity index is 600. The van der Waals surface area contributed by atoms with Crippen LogP contribution in [0.1, 0.15) is 36.7 Å². The molecule has 0 aliphatic carbocycles. The number of hydrogen-bond donors (Lipinski definition) is 2. The van der Waals surface area contributed by atoms with Crippen molar-refractivity contribution in [2.75, 3.05) is 5.32 Å². The molecule has 0 bridgehead atoms.